The molecule has 1 aromatic rings. The van der Waals surface area contributed by atoms with Crippen LogP contribution in [0.3, 0.4) is 0 Å². The number of carbonyl (C=O) groups is 1. The van der Waals surface area contributed by atoms with Crippen molar-refractivity contribution in [3.05, 3.63) is 42.1 Å². The predicted octanol–water partition coefficient (Wildman–Crippen LogP) is 4.91. The molecule has 3 nitrogen and oxygen atoms in total. The second kappa shape index (κ2) is 11.0. The first-order valence-electron chi connectivity index (χ1n) is 7.95. The third-order valence-corrected chi connectivity index (χ3v) is 3.21. The van der Waals surface area contributed by atoms with Crippen LogP contribution >= 0.6 is 0 Å². The number of carbonyl (C=O) groups excluding carboxylic acids is 1. The Morgan fingerprint density at radius 1 is 1.10 bits per heavy atom. The van der Waals surface area contributed by atoms with Crippen LogP contribution in [0.4, 0.5) is 5.69 Å². The fourth-order valence-electron chi connectivity index (χ4n) is 2.12. The van der Waals surface area contributed by atoms with Crippen molar-refractivity contribution in [1.29, 1.82) is 0 Å². The molecule has 0 heterocycles. The first-order chi connectivity index (χ1) is 10.3. The molecule has 21 heavy (non-hydrogen) atoms. The number of esters is 1. The topological polar surface area (TPSA) is 38.3 Å². The van der Waals surface area contributed by atoms with Crippen LogP contribution in [0.25, 0.3) is 0 Å². The van der Waals surface area contributed by atoms with E-state index in [0.717, 1.165) is 24.2 Å². The van der Waals surface area contributed by atoms with Crippen LogP contribution in [0, 0.1) is 0 Å². The fraction of sp³-hybridized carbons (Fsp3) is 0.500. The number of para-hydroxylation sites is 1. The van der Waals surface area contributed by atoms with E-state index in [0.29, 0.717) is 6.61 Å². The quantitative estimate of drug-likeness (QED) is 0.378. The lowest BCUT2D eigenvalue weighted by Gasteiger charge is -2.11. The Hall–Kier alpha value is -1.77. The van der Waals surface area contributed by atoms with Crippen LogP contribution in [0.2, 0.25) is 0 Å². The van der Waals surface area contributed by atoms with Crippen molar-refractivity contribution in [3.63, 3.8) is 0 Å². The molecule has 0 saturated carbocycles. The molecule has 0 unspecified atom stereocenters. The monoisotopic (exact) mass is 289 g/mol. The van der Waals surface area contributed by atoms with Crippen LogP contribution in [0.15, 0.2) is 42.1 Å². The Balaban J connectivity index is 2.55. The number of hydrogen-bond acceptors (Lipinski definition) is 3. The maximum atomic E-state index is 11.6. The molecular formula is C18H27NO2. The van der Waals surface area contributed by atoms with Crippen molar-refractivity contribution < 1.29 is 9.53 Å². The summed E-state index contributed by atoms with van der Waals surface area (Å²) in [5, 5.41) is 3.32. The van der Waals surface area contributed by atoms with Gasteiger partial charge in [-0.2, -0.15) is 0 Å². The van der Waals surface area contributed by atoms with Gasteiger partial charge in [-0.1, -0.05) is 50.8 Å². The zero-order valence-corrected chi connectivity index (χ0v) is 13.2. The maximum Gasteiger partial charge on any atom is 0.332 e. The van der Waals surface area contributed by atoms with Gasteiger partial charge in [0.1, 0.15) is 0 Å². The molecule has 0 amide bonds. The SMILES string of the molecule is CCCCCCCC(=CC(=O)OCC)Nc1ccccc1. The molecule has 1 aromatic carbocycles. The number of benzene rings is 1. The molecular weight excluding hydrogens is 262 g/mol. The van der Waals surface area contributed by atoms with Gasteiger partial charge in [-0.25, -0.2) is 4.79 Å². The van der Waals surface area contributed by atoms with Gasteiger partial charge in [0.2, 0.25) is 0 Å². The Morgan fingerprint density at radius 3 is 2.48 bits per heavy atom. The smallest absolute Gasteiger partial charge is 0.332 e. The zero-order valence-electron chi connectivity index (χ0n) is 13.2. The lowest BCUT2D eigenvalue weighted by atomic mass is 10.1. The van der Waals surface area contributed by atoms with Gasteiger partial charge in [-0.3, -0.25) is 0 Å². The number of rotatable bonds is 10. The van der Waals surface area contributed by atoms with Gasteiger partial charge >= 0.3 is 5.97 Å². The molecule has 0 aromatic heterocycles. The first kappa shape index (κ1) is 17.3. The highest BCUT2D eigenvalue weighted by Gasteiger charge is 2.04. The number of unbranched alkanes of at least 4 members (excludes halogenated alkanes) is 4. The Labute approximate surface area is 128 Å². The summed E-state index contributed by atoms with van der Waals surface area (Å²) in [5.41, 5.74) is 1.93. The molecule has 0 saturated heterocycles. The summed E-state index contributed by atoms with van der Waals surface area (Å²) in [6.07, 6.45) is 8.52. The van der Waals surface area contributed by atoms with E-state index in [4.69, 9.17) is 4.74 Å². The fourth-order valence-corrected chi connectivity index (χ4v) is 2.12. The van der Waals surface area contributed by atoms with E-state index < -0.39 is 0 Å². The lowest BCUT2D eigenvalue weighted by molar-refractivity contribution is -0.137. The molecule has 0 bridgehead atoms. The molecule has 3 heteroatoms. The van der Waals surface area contributed by atoms with Crippen LogP contribution in [-0.2, 0) is 9.53 Å². The van der Waals surface area contributed by atoms with Gasteiger partial charge in [0, 0.05) is 17.5 Å². The highest BCUT2D eigenvalue weighted by atomic mass is 16.5. The summed E-state index contributed by atoms with van der Waals surface area (Å²) in [4.78, 5) is 11.6. The summed E-state index contributed by atoms with van der Waals surface area (Å²) < 4.78 is 5.00. The molecule has 0 atom stereocenters. The highest BCUT2D eigenvalue weighted by Crippen LogP contribution is 2.15. The number of allylic oxidation sites excluding steroid dienone is 1. The molecule has 0 fully saturated rings. The minimum Gasteiger partial charge on any atom is -0.463 e. The van der Waals surface area contributed by atoms with Crippen molar-refractivity contribution >= 4 is 11.7 Å². The minimum atomic E-state index is -0.274. The number of nitrogens with one attached hydrogen (secondary N) is 1. The Morgan fingerprint density at radius 2 is 1.81 bits per heavy atom. The summed E-state index contributed by atoms with van der Waals surface area (Å²) in [6, 6.07) is 9.92. The van der Waals surface area contributed by atoms with Crippen LogP contribution in [-0.4, -0.2) is 12.6 Å². The van der Waals surface area contributed by atoms with Crippen LogP contribution in [0.5, 0.6) is 0 Å². The molecule has 0 aliphatic heterocycles. The highest BCUT2D eigenvalue weighted by molar-refractivity contribution is 5.83. The van der Waals surface area contributed by atoms with E-state index in [-0.39, 0.29) is 5.97 Å². The normalized spacial score (nSPS) is 11.2. The summed E-state index contributed by atoms with van der Waals surface area (Å²) in [6.45, 7) is 4.44. The third-order valence-electron chi connectivity index (χ3n) is 3.21. The van der Waals surface area contributed by atoms with Crippen molar-refractivity contribution in [2.45, 2.75) is 52.4 Å². The standard InChI is InChI=1S/C18H27NO2/c1-3-5-6-7-9-14-17(15-18(20)21-4-2)19-16-12-10-8-11-13-16/h8,10-13,15,19H,3-7,9,14H2,1-2H3. The second-order valence-corrected chi connectivity index (χ2v) is 5.08. The third kappa shape index (κ3) is 8.18. The number of hydrogen-bond donors (Lipinski definition) is 1. The lowest BCUT2D eigenvalue weighted by Crippen LogP contribution is -2.06. The van der Waals surface area contributed by atoms with Gasteiger partial charge in [0.15, 0.2) is 0 Å². The largest absolute Gasteiger partial charge is 0.463 e. The van der Waals surface area contributed by atoms with Gasteiger partial charge in [-0.15, -0.1) is 0 Å². The maximum absolute atomic E-state index is 11.6. The first-order valence-corrected chi connectivity index (χ1v) is 7.95. The molecule has 0 radical (unpaired) electrons. The van der Waals surface area contributed by atoms with E-state index in [9.17, 15) is 4.79 Å². The molecule has 0 spiro atoms. The van der Waals surface area contributed by atoms with Gasteiger partial charge in [0.05, 0.1) is 6.61 Å². The summed E-state index contributed by atoms with van der Waals surface area (Å²) in [5.74, 6) is -0.274. The summed E-state index contributed by atoms with van der Waals surface area (Å²) >= 11 is 0. The van der Waals surface area contributed by atoms with E-state index in [1.165, 1.54) is 25.7 Å². The molecule has 1 rings (SSSR count). The average Bonchev–Trinajstić information content (AvgIpc) is 2.48. The van der Waals surface area contributed by atoms with Crippen molar-refractivity contribution in [2.75, 3.05) is 11.9 Å². The van der Waals surface area contributed by atoms with Crippen molar-refractivity contribution in [1.82, 2.24) is 0 Å². The van der Waals surface area contributed by atoms with Crippen molar-refractivity contribution in [2.24, 2.45) is 0 Å². The average molecular weight is 289 g/mol. The van der Waals surface area contributed by atoms with E-state index >= 15 is 0 Å². The van der Waals surface area contributed by atoms with E-state index in [1.54, 1.807) is 6.08 Å². The molecule has 116 valence electrons. The second-order valence-electron chi connectivity index (χ2n) is 5.08. The number of ether oxygens (including phenoxy) is 1. The molecule has 1 N–H and O–H groups in total. The summed E-state index contributed by atoms with van der Waals surface area (Å²) in [7, 11) is 0. The van der Waals surface area contributed by atoms with Gasteiger partial charge < -0.3 is 10.1 Å². The van der Waals surface area contributed by atoms with E-state index in [2.05, 4.69) is 12.2 Å². The molecule has 0 aliphatic carbocycles. The Bertz CT molecular complexity index is 426. The number of anilines is 1. The van der Waals surface area contributed by atoms with Crippen LogP contribution < -0.4 is 5.32 Å². The van der Waals surface area contributed by atoms with Gasteiger partial charge in [0.25, 0.3) is 0 Å². The van der Waals surface area contributed by atoms with E-state index in [1.807, 2.05) is 37.3 Å². The minimum absolute atomic E-state index is 0.274. The predicted molar refractivity (Wildman–Crippen MR) is 88.2 cm³/mol. The van der Waals surface area contributed by atoms with Gasteiger partial charge in [-0.05, 0) is 31.9 Å². The molecule has 0 aliphatic rings. The van der Waals surface area contributed by atoms with Crippen molar-refractivity contribution in [3.8, 4) is 0 Å². The van der Waals surface area contributed by atoms with Crippen LogP contribution in [0.1, 0.15) is 52.4 Å². The Kier molecular flexibility index (Phi) is 9.01. The zero-order chi connectivity index (χ0) is 15.3.